The van der Waals surface area contributed by atoms with E-state index in [9.17, 15) is 14.7 Å². The van der Waals surface area contributed by atoms with Gasteiger partial charge in [-0.15, -0.1) is 0 Å². The van der Waals surface area contributed by atoms with Gasteiger partial charge in [-0.05, 0) is 20.3 Å². The lowest BCUT2D eigenvalue weighted by Crippen LogP contribution is -2.51. The zero-order chi connectivity index (χ0) is 17.0. The molecule has 1 atom stereocenters. The Morgan fingerprint density at radius 1 is 1.26 bits per heavy atom. The minimum absolute atomic E-state index is 0.269. The molecular formula is C17H19N3O3. The molecule has 0 aliphatic heterocycles. The first-order valence-corrected chi connectivity index (χ1v) is 7.32. The lowest BCUT2D eigenvalue weighted by molar-refractivity contribution is -0.143. The van der Waals surface area contributed by atoms with E-state index in [1.807, 2.05) is 30.3 Å². The third-order valence-corrected chi connectivity index (χ3v) is 3.82. The molecule has 0 bridgehead atoms. The predicted molar refractivity (Wildman–Crippen MR) is 86.0 cm³/mol. The standard InChI is InChI=1S/C17H19N3O3/c1-4-17(3,16(22)23)20-15(21)13-10-18-14(19-11(13)2)12-8-6-5-7-9-12/h5-10H,4H2,1-3H3,(H,20,21)(H,22,23). The molecule has 23 heavy (non-hydrogen) atoms. The van der Waals surface area contributed by atoms with Crippen LogP contribution >= 0.6 is 0 Å². The molecule has 2 aromatic rings. The van der Waals surface area contributed by atoms with E-state index in [1.54, 1.807) is 13.8 Å². The highest BCUT2D eigenvalue weighted by molar-refractivity contribution is 5.98. The molecule has 0 aliphatic carbocycles. The summed E-state index contributed by atoms with van der Waals surface area (Å²) in [4.78, 5) is 32.2. The van der Waals surface area contributed by atoms with Gasteiger partial charge in [0.05, 0.1) is 11.3 Å². The average Bonchev–Trinajstić information content (AvgIpc) is 2.55. The minimum Gasteiger partial charge on any atom is -0.480 e. The molecule has 2 N–H and O–H groups in total. The number of rotatable bonds is 5. The van der Waals surface area contributed by atoms with Crippen molar-refractivity contribution in [1.29, 1.82) is 0 Å². The number of carbonyl (C=O) groups is 2. The van der Waals surface area contributed by atoms with Crippen molar-refractivity contribution >= 4 is 11.9 Å². The second kappa shape index (κ2) is 6.56. The molecule has 1 heterocycles. The van der Waals surface area contributed by atoms with Crippen LogP contribution in [0.2, 0.25) is 0 Å². The van der Waals surface area contributed by atoms with Gasteiger partial charge in [0.15, 0.2) is 5.82 Å². The number of aliphatic carboxylic acids is 1. The summed E-state index contributed by atoms with van der Waals surface area (Å²) in [6.45, 7) is 4.88. The Morgan fingerprint density at radius 2 is 1.91 bits per heavy atom. The molecule has 6 heteroatoms. The van der Waals surface area contributed by atoms with Crippen molar-refractivity contribution in [3.63, 3.8) is 0 Å². The van der Waals surface area contributed by atoms with Crippen LogP contribution in [0.5, 0.6) is 0 Å². The van der Waals surface area contributed by atoms with E-state index in [-0.39, 0.29) is 12.0 Å². The van der Waals surface area contributed by atoms with Gasteiger partial charge >= 0.3 is 5.97 Å². The molecule has 0 radical (unpaired) electrons. The van der Waals surface area contributed by atoms with Crippen LogP contribution in [0.1, 0.15) is 36.3 Å². The summed E-state index contributed by atoms with van der Waals surface area (Å²) in [6, 6.07) is 9.43. The average molecular weight is 313 g/mol. The van der Waals surface area contributed by atoms with Crippen LogP contribution < -0.4 is 5.32 Å². The van der Waals surface area contributed by atoms with Gasteiger partial charge in [-0.2, -0.15) is 0 Å². The maximum atomic E-state index is 12.3. The van der Waals surface area contributed by atoms with Crippen molar-refractivity contribution in [3.05, 3.63) is 47.8 Å². The third kappa shape index (κ3) is 3.53. The Balaban J connectivity index is 2.28. The van der Waals surface area contributed by atoms with Crippen LogP contribution in [0.3, 0.4) is 0 Å². The van der Waals surface area contributed by atoms with E-state index in [0.29, 0.717) is 11.5 Å². The molecule has 1 aromatic heterocycles. The summed E-state index contributed by atoms with van der Waals surface area (Å²) in [6.07, 6.45) is 1.70. The van der Waals surface area contributed by atoms with Crippen molar-refractivity contribution in [2.24, 2.45) is 0 Å². The van der Waals surface area contributed by atoms with Crippen molar-refractivity contribution in [2.45, 2.75) is 32.7 Å². The maximum absolute atomic E-state index is 12.3. The fraction of sp³-hybridized carbons (Fsp3) is 0.294. The summed E-state index contributed by atoms with van der Waals surface area (Å²) in [5.74, 6) is -1.04. The number of carbonyl (C=O) groups excluding carboxylic acids is 1. The molecule has 0 saturated heterocycles. The molecule has 0 spiro atoms. The third-order valence-electron chi connectivity index (χ3n) is 3.82. The number of benzene rings is 1. The number of aromatic nitrogens is 2. The fourth-order valence-electron chi connectivity index (χ4n) is 2.03. The zero-order valence-electron chi connectivity index (χ0n) is 13.3. The van der Waals surface area contributed by atoms with Gasteiger partial charge in [-0.3, -0.25) is 4.79 Å². The maximum Gasteiger partial charge on any atom is 0.329 e. The number of nitrogens with one attached hydrogen (secondary N) is 1. The summed E-state index contributed by atoms with van der Waals surface area (Å²) < 4.78 is 0. The summed E-state index contributed by atoms with van der Waals surface area (Å²) >= 11 is 0. The van der Waals surface area contributed by atoms with Crippen LogP contribution in [0.4, 0.5) is 0 Å². The minimum atomic E-state index is -1.32. The van der Waals surface area contributed by atoms with Gasteiger partial charge in [-0.1, -0.05) is 37.3 Å². The Kier molecular flexibility index (Phi) is 4.74. The van der Waals surface area contributed by atoms with Crippen LogP contribution in [-0.2, 0) is 4.79 Å². The van der Waals surface area contributed by atoms with E-state index < -0.39 is 17.4 Å². The van der Waals surface area contributed by atoms with E-state index in [0.717, 1.165) is 5.56 Å². The zero-order valence-corrected chi connectivity index (χ0v) is 13.3. The summed E-state index contributed by atoms with van der Waals surface area (Å²) in [5, 5.41) is 11.8. The van der Waals surface area contributed by atoms with Gasteiger partial charge in [0, 0.05) is 11.8 Å². The second-order valence-electron chi connectivity index (χ2n) is 5.50. The first kappa shape index (κ1) is 16.6. The van der Waals surface area contributed by atoms with Crippen LogP contribution in [-0.4, -0.2) is 32.5 Å². The Labute approximate surface area is 134 Å². The number of amides is 1. The van der Waals surface area contributed by atoms with Crippen molar-refractivity contribution in [2.75, 3.05) is 0 Å². The highest BCUT2D eigenvalue weighted by Crippen LogP contribution is 2.17. The van der Waals surface area contributed by atoms with Gasteiger partial charge < -0.3 is 10.4 Å². The predicted octanol–water partition coefficient (Wildman–Crippen LogP) is 2.44. The second-order valence-corrected chi connectivity index (χ2v) is 5.50. The van der Waals surface area contributed by atoms with Crippen molar-refractivity contribution < 1.29 is 14.7 Å². The van der Waals surface area contributed by atoms with Gasteiger partial charge in [0.2, 0.25) is 0 Å². The van der Waals surface area contributed by atoms with Gasteiger partial charge in [0.1, 0.15) is 5.54 Å². The number of hydrogen-bond donors (Lipinski definition) is 2. The SMILES string of the molecule is CCC(C)(NC(=O)c1cnc(-c2ccccc2)nc1C)C(=O)O. The van der Waals surface area contributed by atoms with Crippen molar-refractivity contribution in [3.8, 4) is 11.4 Å². The number of carboxylic acids is 1. The molecule has 0 saturated carbocycles. The molecule has 0 fully saturated rings. The quantitative estimate of drug-likeness (QED) is 0.884. The lowest BCUT2D eigenvalue weighted by Gasteiger charge is -2.24. The normalized spacial score (nSPS) is 13.2. The van der Waals surface area contributed by atoms with Gasteiger partial charge in [-0.25, -0.2) is 14.8 Å². The number of hydrogen-bond acceptors (Lipinski definition) is 4. The summed E-state index contributed by atoms with van der Waals surface area (Å²) in [5.41, 5.74) is 0.305. The van der Waals surface area contributed by atoms with Crippen LogP contribution in [0.15, 0.2) is 36.5 Å². The Bertz CT molecular complexity index is 731. The molecule has 1 aromatic carbocycles. The number of aryl methyl sites for hydroxylation is 1. The molecule has 120 valence electrons. The lowest BCUT2D eigenvalue weighted by atomic mass is 9.98. The smallest absolute Gasteiger partial charge is 0.329 e. The topological polar surface area (TPSA) is 92.2 Å². The van der Waals surface area contributed by atoms with Crippen LogP contribution in [0.25, 0.3) is 11.4 Å². The Morgan fingerprint density at radius 3 is 2.43 bits per heavy atom. The monoisotopic (exact) mass is 313 g/mol. The molecule has 1 amide bonds. The Hall–Kier alpha value is -2.76. The molecule has 1 unspecified atom stereocenters. The van der Waals surface area contributed by atoms with E-state index >= 15 is 0 Å². The van der Waals surface area contributed by atoms with Crippen molar-refractivity contribution in [1.82, 2.24) is 15.3 Å². The highest BCUT2D eigenvalue weighted by atomic mass is 16.4. The van der Waals surface area contributed by atoms with Crippen LogP contribution in [0, 0.1) is 6.92 Å². The largest absolute Gasteiger partial charge is 0.480 e. The number of carboxylic acid groups (broad SMARTS) is 1. The first-order chi connectivity index (χ1) is 10.9. The fourth-order valence-corrected chi connectivity index (χ4v) is 2.03. The number of nitrogens with zero attached hydrogens (tertiary/aromatic N) is 2. The molecule has 2 rings (SSSR count). The van der Waals surface area contributed by atoms with Gasteiger partial charge in [0.25, 0.3) is 5.91 Å². The van der Waals surface area contributed by atoms with E-state index in [2.05, 4.69) is 15.3 Å². The molecular weight excluding hydrogens is 294 g/mol. The van der Waals surface area contributed by atoms with E-state index in [4.69, 9.17) is 0 Å². The highest BCUT2D eigenvalue weighted by Gasteiger charge is 2.33. The molecule has 6 nitrogen and oxygen atoms in total. The molecule has 0 aliphatic rings. The first-order valence-electron chi connectivity index (χ1n) is 7.32. The summed E-state index contributed by atoms with van der Waals surface area (Å²) in [7, 11) is 0. The van der Waals surface area contributed by atoms with E-state index in [1.165, 1.54) is 13.1 Å².